The number of carbonyl (C=O) groups excluding carboxylic acids is 1. The molecule has 1 amide bonds. The quantitative estimate of drug-likeness (QED) is 0.893. The summed E-state index contributed by atoms with van der Waals surface area (Å²) in [5, 5.41) is 14.6. The number of amides is 1. The summed E-state index contributed by atoms with van der Waals surface area (Å²) in [5.41, 5.74) is 1.19. The number of para-hydroxylation sites is 1. The maximum atomic E-state index is 12.1. The first-order valence-electron chi connectivity index (χ1n) is 6.82. The van der Waals surface area contributed by atoms with Gasteiger partial charge >= 0.3 is 0 Å². The number of aromatic nitrogens is 3. The van der Waals surface area contributed by atoms with E-state index < -0.39 is 0 Å². The molecule has 0 bridgehead atoms. The fraction of sp³-hybridized carbons (Fsp3) is 0.357. The minimum absolute atomic E-state index is 0. The fourth-order valence-corrected chi connectivity index (χ4v) is 2.29. The second-order valence-corrected chi connectivity index (χ2v) is 4.87. The Morgan fingerprint density at radius 2 is 2.14 bits per heavy atom. The average Bonchev–Trinajstić information content (AvgIpc) is 2.99. The molecule has 1 atom stereocenters. The molecule has 3 rings (SSSR count). The van der Waals surface area contributed by atoms with Crippen molar-refractivity contribution in [1.82, 2.24) is 25.6 Å². The second-order valence-electron chi connectivity index (χ2n) is 4.87. The van der Waals surface area contributed by atoms with Crippen LogP contribution in [0.25, 0.3) is 5.69 Å². The van der Waals surface area contributed by atoms with Gasteiger partial charge in [-0.05, 0) is 31.5 Å². The Balaban J connectivity index is 0.00000161. The molecule has 2 heterocycles. The molecule has 1 fully saturated rings. The molecule has 2 N–H and O–H groups in total. The van der Waals surface area contributed by atoms with Gasteiger partial charge in [0.25, 0.3) is 5.91 Å². The first kappa shape index (κ1) is 15.5. The number of halogens is 1. The Bertz CT molecular complexity index is 580. The van der Waals surface area contributed by atoms with Crippen molar-refractivity contribution in [1.29, 1.82) is 0 Å². The van der Waals surface area contributed by atoms with Crippen molar-refractivity contribution in [3.05, 3.63) is 42.2 Å². The van der Waals surface area contributed by atoms with E-state index in [9.17, 15) is 4.79 Å². The molecule has 1 aliphatic rings. The Morgan fingerprint density at radius 3 is 2.86 bits per heavy atom. The summed E-state index contributed by atoms with van der Waals surface area (Å²) in [4.78, 5) is 13.6. The van der Waals surface area contributed by atoms with Gasteiger partial charge < -0.3 is 10.6 Å². The molecule has 2 aromatic rings. The molecule has 7 heteroatoms. The molecule has 0 saturated carbocycles. The number of hydrogen-bond acceptors (Lipinski definition) is 4. The highest BCUT2D eigenvalue weighted by Gasteiger charge is 2.18. The molecule has 0 unspecified atom stereocenters. The Kier molecular flexibility index (Phi) is 5.30. The lowest BCUT2D eigenvalue weighted by Gasteiger charge is -2.23. The molecule has 6 nitrogen and oxygen atoms in total. The zero-order chi connectivity index (χ0) is 13.8. The third-order valence-corrected chi connectivity index (χ3v) is 3.34. The maximum absolute atomic E-state index is 12.1. The first-order chi connectivity index (χ1) is 9.83. The summed E-state index contributed by atoms with van der Waals surface area (Å²) in [6, 6.07) is 9.71. The lowest BCUT2D eigenvalue weighted by Crippen LogP contribution is -2.45. The fourth-order valence-electron chi connectivity index (χ4n) is 2.29. The van der Waals surface area contributed by atoms with Gasteiger partial charge in [0.1, 0.15) is 0 Å². The van der Waals surface area contributed by atoms with Crippen molar-refractivity contribution < 1.29 is 4.79 Å². The third-order valence-electron chi connectivity index (χ3n) is 3.34. The standard InChI is InChI=1S/C14H17N5O.ClH/c20-14(17-11-5-4-8-15-9-11)13-10-16-19(18-13)12-6-2-1-3-7-12;/h1-3,6-7,10-11,15H,4-5,8-9H2,(H,17,20);1H/t11-;/m0./s1. The van der Waals surface area contributed by atoms with Crippen LogP contribution in [0.2, 0.25) is 0 Å². The molecule has 1 aromatic carbocycles. The van der Waals surface area contributed by atoms with Crippen molar-refractivity contribution in [3.63, 3.8) is 0 Å². The summed E-state index contributed by atoms with van der Waals surface area (Å²) in [5.74, 6) is -0.166. The molecular formula is C14H18ClN5O. The van der Waals surface area contributed by atoms with Gasteiger partial charge in [-0.15, -0.1) is 17.5 Å². The predicted molar refractivity (Wildman–Crippen MR) is 82.0 cm³/mol. The molecule has 1 aliphatic heterocycles. The van der Waals surface area contributed by atoms with Crippen LogP contribution in [0.15, 0.2) is 36.5 Å². The summed E-state index contributed by atoms with van der Waals surface area (Å²) < 4.78 is 0. The van der Waals surface area contributed by atoms with E-state index in [2.05, 4.69) is 20.8 Å². The van der Waals surface area contributed by atoms with Gasteiger partial charge in [-0.2, -0.15) is 9.90 Å². The maximum Gasteiger partial charge on any atom is 0.273 e. The van der Waals surface area contributed by atoms with Crippen LogP contribution < -0.4 is 10.6 Å². The zero-order valence-corrected chi connectivity index (χ0v) is 12.3. The second kappa shape index (κ2) is 7.19. The van der Waals surface area contributed by atoms with Crippen LogP contribution in [-0.2, 0) is 0 Å². The molecule has 21 heavy (non-hydrogen) atoms. The summed E-state index contributed by atoms with van der Waals surface area (Å²) in [7, 11) is 0. The van der Waals surface area contributed by atoms with Crippen LogP contribution in [0.3, 0.4) is 0 Å². The first-order valence-corrected chi connectivity index (χ1v) is 6.82. The van der Waals surface area contributed by atoms with Crippen molar-refractivity contribution in [2.75, 3.05) is 13.1 Å². The van der Waals surface area contributed by atoms with E-state index in [0.29, 0.717) is 5.69 Å². The van der Waals surface area contributed by atoms with Crippen LogP contribution in [0.5, 0.6) is 0 Å². The highest BCUT2D eigenvalue weighted by atomic mass is 35.5. The molecule has 1 saturated heterocycles. The van der Waals surface area contributed by atoms with Gasteiger partial charge in [-0.1, -0.05) is 18.2 Å². The van der Waals surface area contributed by atoms with Crippen LogP contribution in [0.4, 0.5) is 0 Å². The van der Waals surface area contributed by atoms with Gasteiger partial charge in [0.15, 0.2) is 5.69 Å². The number of hydrogen-bond donors (Lipinski definition) is 2. The van der Waals surface area contributed by atoms with Crippen molar-refractivity contribution in [3.8, 4) is 5.69 Å². The normalized spacial score (nSPS) is 17.8. The molecule has 1 aromatic heterocycles. The highest BCUT2D eigenvalue weighted by molar-refractivity contribution is 5.92. The average molecular weight is 308 g/mol. The lowest BCUT2D eigenvalue weighted by atomic mass is 10.1. The Hall–Kier alpha value is -1.92. The number of rotatable bonds is 3. The van der Waals surface area contributed by atoms with Gasteiger partial charge in [-0.25, -0.2) is 0 Å². The SMILES string of the molecule is Cl.O=C(N[C@H]1CCCNC1)c1cnn(-c2ccccc2)n1. The monoisotopic (exact) mass is 307 g/mol. The van der Waals surface area contributed by atoms with E-state index in [4.69, 9.17) is 0 Å². The Morgan fingerprint density at radius 1 is 1.33 bits per heavy atom. The number of benzene rings is 1. The number of carbonyl (C=O) groups is 1. The van der Waals surface area contributed by atoms with Crippen molar-refractivity contribution in [2.45, 2.75) is 18.9 Å². The zero-order valence-electron chi connectivity index (χ0n) is 11.5. The van der Waals surface area contributed by atoms with E-state index in [1.165, 1.54) is 11.0 Å². The van der Waals surface area contributed by atoms with Gasteiger partial charge in [0.05, 0.1) is 11.9 Å². The van der Waals surface area contributed by atoms with E-state index in [1.54, 1.807) is 0 Å². The van der Waals surface area contributed by atoms with E-state index >= 15 is 0 Å². The third kappa shape index (κ3) is 3.80. The van der Waals surface area contributed by atoms with E-state index in [0.717, 1.165) is 31.6 Å². The molecular weight excluding hydrogens is 290 g/mol. The molecule has 0 spiro atoms. The minimum Gasteiger partial charge on any atom is -0.347 e. The van der Waals surface area contributed by atoms with Crippen molar-refractivity contribution >= 4 is 18.3 Å². The van der Waals surface area contributed by atoms with Gasteiger partial charge in [0, 0.05) is 12.6 Å². The van der Waals surface area contributed by atoms with Gasteiger partial charge in [0.2, 0.25) is 0 Å². The highest BCUT2D eigenvalue weighted by Crippen LogP contribution is 2.06. The summed E-state index contributed by atoms with van der Waals surface area (Å²) in [6.45, 7) is 1.84. The molecule has 0 aliphatic carbocycles. The Labute approximate surface area is 129 Å². The van der Waals surface area contributed by atoms with E-state index in [1.807, 2.05) is 30.3 Å². The van der Waals surface area contributed by atoms with Crippen LogP contribution in [0, 0.1) is 0 Å². The van der Waals surface area contributed by atoms with Crippen LogP contribution in [0.1, 0.15) is 23.3 Å². The minimum atomic E-state index is -0.166. The van der Waals surface area contributed by atoms with Crippen LogP contribution in [-0.4, -0.2) is 40.0 Å². The smallest absolute Gasteiger partial charge is 0.273 e. The lowest BCUT2D eigenvalue weighted by molar-refractivity contribution is 0.0925. The molecule has 0 radical (unpaired) electrons. The van der Waals surface area contributed by atoms with Crippen molar-refractivity contribution in [2.24, 2.45) is 0 Å². The largest absolute Gasteiger partial charge is 0.347 e. The number of nitrogens with one attached hydrogen (secondary N) is 2. The van der Waals surface area contributed by atoms with Gasteiger partial charge in [-0.3, -0.25) is 4.79 Å². The molecule has 112 valence electrons. The predicted octanol–water partition coefficient (Wildman–Crippen LogP) is 1.17. The number of nitrogens with zero attached hydrogens (tertiary/aromatic N) is 3. The van der Waals surface area contributed by atoms with Crippen LogP contribution >= 0.6 is 12.4 Å². The summed E-state index contributed by atoms with van der Waals surface area (Å²) in [6.07, 6.45) is 3.59. The number of piperidine rings is 1. The van der Waals surface area contributed by atoms with E-state index in [-0.39, 0.29) is 24.4 Å². The topological polar surface area (TPSA) is 71.8 Å². The summed E-state index contributed by atoms with van der Waals surface area (Å²) >= 11 is 0.